The Bertz CT molecular complexity index is 771. The van der Waals surface area contributed by atoms with Crippen LogP contribution in [0.2, 0.25) is 0 Å². The molecule has 2 heterocycles. The van der Waals surface area contributed by atoms with Crippen molar-refractivity contribution in [3.63, 3.8) is 0 Å². The lowest BCUT2D eigenvalue weighted by Gasteiger charge is -2.25. The Hall–Kier alpha value is -2.38. The lowest BCUT2D eigenvalue weighted by molar-refractivity contribution is -0.137. The minimum atomic E-state index is -4.38. The molecule has 0 radical (unpaired) electrons. The summed E-state index contributed by atoms with van der Waals surface area (Å²) < 4.78 is 40.2. The van der Waals surface area contributed by atoms with E-state index in [1.807, 2.05) is 6.92 Å². The van der Waals surface area contributed by atoms with Crippen LogP contribution < -0.4 is 0 Å². The Morgan fingerprint density at radius 3 is 2.71 bits per heavy atom. The maximum Gasteiger partial charge on any atom is 0.416 e. The van der Waals surface area contributed by atoms with Crippen LogP contribution in [-0.2, 0) is 18.6 Å². The maximum absolute atomic E-state index is 12.9. The van der Waals surface area contributed by atoms with E-state index in [1.165, 1.54) is 23.1 Å². The first-order valence-corrected chi connectivity index (χ1v) is 7.52. The van der Waals surface area contributed by atoms with Gasteiger partial charge in [-0.1, -0.05) is 25.1 Å². The number of alkyl halides is 3. The molecule has 0 saturated carbocycles. The molecule has 128 valence electrons. The smallest absolute Gasteiger partial charge is 0.335 e. The van der Waals surface area contributed by atoms with Crippen molar-refractivity contribution in [1.82, 2.24) is 19.7 Å². The van der Waals surface area contributed by atoms with Crippen LogP contribution >= 0.6 is 0 Å². The van der Waals surface area contributed by atoms with E-state index in [0.717, 1.165) is 6.07 Å². The number of hydrogen-bond donors (Lipinski definition) is 0. The van der Waals surface area contributed by atoms with Crippen LogP contribution in [0.15, 0.2) is 30.6 Å². The molecule has 1 atom stereocenters. The van der Waals surface area contributed by atoms with Gasteiger partial charge in [0.25, 0.3) is 5.91 Å². The van der Waals surface area contributed by atoms with Crippen LogP contribution in [0.1, 0.15) is 35.1 Å². The van der Waals surface area contributed by atoms with Gasteiger partial charge in [-0.25, -0.2) is 4.98 Å². The summed E-state index contributed by atoms with van der Waals surface area (Å²) in [7, 11) is 1.67. The molecule has 0 N–H and O–H groups in total. The number of benzene rings is 1. The van der Waals surface area contributed by atoms with Gasteiger partial charge in [-0.3, -0.25) is 9.48 Å². The molecule has 0 spiro atoms. The molecule has 8 heteroatoms. The zero-order valence-electron chi connectivity index (χ0n) is 13.3. The minimum absolute atomic E-state index is 0.103. The predicted octanol–water partition coefficient (Wildman–Crippen LogP) is 2.64. The van der Waals surface area contributed by atoms with Crippen LogP contribution in [0.3, 0.4) is 0 Å². The zero-order valence-corrected chi connectivity index (χ0v) is 13.3. The first-order valence-electron chi connectivity index (χ1n) is 7.52. The Labute approximate surface area is 137 Å². The van der Waals surface area contributed by atoms with E-state index in [-0.39, 0.29) is 11.7 Å². The third-order valence-electron chi connectivity index (χ3n) is 4.44. The van der Waals surface area contributed by atoms with Gasteiger partial charge in [0, 0.05) is 25.6 Å². The summed E-state index contributed by atoms with van der Waals surface area (Å²) in [6.45, 7) is 2.68. The molecule has 5 nitrogen and oxygen atoms in total. The van der Waals surface area contributed by atoms with E-state index >= 15 is 0 Å². The third kappa shape index (κ3) is 3.00. The molecule has 0 bridgehead atoms. The van der Waals surface area contributed by atoms with E-state index in [2.05, 4.69) is 10.1 Å². The average molecular weight is 338 g/mol. The molecular formula is C16H17F3N4O. The predicted molar refractivity (Wildman–Crippen MR) is 80.3 cm³/mol. The van der Waals surface area contributed by atoms with Crippen molar-refractivity contribution in [3.8, 4) is 0 Å². The van der Waals surface area contributed by atoms with Gasteiger partial charge < -0.3 is 4.90 Å². The van der Waals surface area contributed by atoms with Gasteiger partial charge in [0.15, 0.2) is 0 Å². The molecular weight excluding hydrogens is 321 g/mol. The normalized spacial score (nSPS) is 21.3. The van der Waals surface area contributed by atoms with Gasteiger partial charge in [-0.15, -0.1) is 5.10 Å². The third-order valence-corrected chi connectivity index (χ3v) is 4.44. The first-order chi connectivity index (χ1) is 11.2. The summed E-state index contributed by atoms with van der Waals surface area (Å²) >= 11 is 0. The summed E-state index contributed by atoms with van der Waals surface area (Å²) in [5.41, 5.74) is -0.606. The van der Waals surface area contributed by atoms with Crippen LogP contribution in [0, 0.1) is 0 Å². The van der Waals surface area contributed by atoms with Crippen molar-refractivity contribution in [2.75, 3.05) is 13.1 Å². The summed E-state index contributed by atoms with van der Waals surface area (Å²) in [6, 6.07) is 5.33. The number of aromatic nitrogens is 3. The van der Waals surface area contributed by atoms with Gasteiger partial charge in [0.2, 0.25) is 5.82 Å². The molecule has 1 aromatic carbocycles. The van der Waals surface area contributed by atoms with Crippen LogP contribution in [0.25, 0.3) is 0 Å². The number of nitrogens with zero attached hydrogens (tertiary/aromatic N) is 4. The number of rotatable bonds is 2. The van der Waals surface area contributed by atoms with Gasteiger partial charge in [-0.2, -0.15) is 13.2 Å². The summed E-state index contributed by atoms with van der Waals surface area (Å²) in [6.07, 6.45) is -2.35. The van der Waals surface area contributed by atoms with Crippen LogP contribution in [0.5, 0.6) is 0 Å². The Kier molecular flexibility index (Phi) is 3.85. The quantitative estimate of drug-likeness (QED) is 0.846. The van der Waals surface area contributed by atoms with Crippen molar-refractivity contribution in [2.24, 2.45) is 7.05 Å². The van der Waals surface area contributed by atoms with Gasteiger partial charge in [-0.05, 0) is 18.1 Å². The summed E-state index contributed by atoms with van der Waals surface area (Å²) in [4.78, 5) is 17.9. The monoisotopic (exact) mass is 338 g/mol. The van der Waals surface area contributed by atoms with Gasteiger partial charge in [0.1, 0.15) is 6.33 Å². The highest BCUT2D eigenvalue weighted by atomic mass is 19.4. The fourth-order valence-corrected chi connectivity index (χ4v) is 3.02. The average Bonchev–Trinajstić information content (AvgIpc) is 3.13. The van der Waals surface area contributed by atoms with Crippen molar-refractivity contribution < 1.29 is 18.0 Å². The second kappa shape index (κ2) is 5.61. The van der Waals surface area contributed by atoms with Crippen molar-refractivity contribution >= 4 is 5.91 Å². The van der Waals surface area contributed by atoms with Gasteiger partial charge >= 0.3 is 6.18 Å². The number of carbonyl (C=O) groups is 1. The highest BCUT2D eigenvalue weighted by molar-refractivity contribution is 5.90. The van der Waals surface area contributed by atoms with Crippen molar-refractivity contribution in [2.45, 2.75) is 24.9 Å². The van der Waals surface area contributed by atoms with E-state index in [1.54, 1.807) is 18.0 Å². The molecule has 0 unspecified atom stereocenters. The SMILES string of the molecule is Cn1cnc(C(=O)N2CC[C@@](C)(c3cccc(C(F)(F)F)c3)C2)n1. The molecule has 0 aliphatic carbocycles. The highest BCUT2D eigenvalue weighted by Crippen LogP contribution is 2.37. The van der Waals surface area contributed by atoms with E-state index in [9.17, 15) is 18.0 Å². The molecule has 1 aromatic heterocycles. The molecule has 3 rings (SSSR count). The number of carbonyl (C=O) groups excluding carboxylic acids is 1. The molecule has 1 fully saturated rings. The lowest BCUT2D eigenvalue weighted by Crippen LogP contribution is -2.33. The standard InChI is InChI=1S/C16H17F3N4O/c1-15(11-4-3-5-12(8-11)16(17,18)19)6-7-23(9-15)14(24)13-20-10-22(2)21-13/h3-5,8,10H,6-7,9H2,1-2H3/t15-/m1/s1. The Morgan fingerprint density at radius 2 is 2.08 bits per heavy atom. The van der Waals surface area contributed by atoms with Crippen molar-refractivity contribution in [3.05, 3.63) is 47.5 Å². The first kappa shape index (κ1) is 16.5. The van der Waals surface area contributed by atoms with Crippen molar-refractivity contribution in [1.29, 1.82) is 0 Å². The second-order valence-corrected chi connectivity index (χ2v) is 6.36. The summed E-state index contributed by atoms with van der Waals surface area (Å²) in [5, 5.41) is 3.99. The molecule has 24 heavy (non-hydrogen) atoms. The molecule has 1 aliphatic heterocycles. The van der Waals surface area contributed by atoms with E-state index in [0.29, 0.717) is 25.1 Å². The molecule has 1 aliphatic rings. The number of halogens is 3. The fourth-order valence-electron chi connectivity index (χ4n) is 3.02. The number of likely N-dealkylation sites (tertiary alicyclic amines) is 1. The highest BCUT2D eigenvalue weighted by Gasteiger charge is 2.40. The van der Waals surface area contributed by atoms with Gasteiger partial charge in [0.05, 0.1) is 5.56 Å². The van der Waals surface area contributed by atoms with E-state index in [4.69, 9.17) is 0 Å². The molecule has 1 amide bonds. The number of amides is 1. The lowest BCUT2D eigenvalue weighted by atomic mass is 9.81. The number of hydrogen-bond acceptors (Lipinski definition) is 3. The molecule has 1 saturated heterocycles. The Morgan fingerprint density at radius 1 is 1.33 bits per heavy atom. The molecule has 2 aromatic rings. The van der Waals surface area contributed by atoms with E-state index < -0.39 is 17.2 Å². The number of aryl methyl sites for hydroxylation is 1. The maximum atomic E-state index is 12.9. The minimum Gasteiger partial charge on any atom is -0.335 e. The fraction of sp³-hybridized carbons (Fsp3) is 0.438. The topological polar surface area (TPSA) is 51.0 Å². The van der Waals surface area contributed by atoms with Crippen LogP contribution in [-0.4, -0.2) is 38.7 Å². The zero-order chi connectivity index (χ0) is 17.5. The second-order valence-electron chi connectivity index (χ2n) is 6.36. The van der Waals surface area contributed by atoms with Crippen LogP contribution in [0.4, 0.5) is 13.2 Å². The summed E-state index contributed by atoms with van der Waals surface area (Å²) in [5.74, 6) is -0.197. The largest absolute Gasteiger partial charge is 0.416 e. The Balaban J connectivity index is 1.82.